The van der Waals surface area contributed by atoms with Crippen molar-refractivity contribution in [3.8, 4) is 5.75 Å². The van der Waals surface area contributed by atoms with Crippen molar-refractivity contribution in [1.29, 1.82) is 0 Å². The second-order valence-corrected chi connectivity index (χ2v) is 7.16. The van der Waals surface area contributed by atoms with E-state index in [0.29, 0.717) is 43.3 Å². The molecule has 29 heavy (non-hydrogen) atoms. The first-order chi connectivity index (χ1) is 14.2. The van der Waals surface area contributed by atoms with Crippen molar-refractivity contribution in [1.82, 2.24) is 20.1 Å². The fraction of sp³-hybridized carbons (Fsp3) is 0.286. The van der Waals surface area contributed by atoms with E-state index in [1.165, 1.54) is 0 Å². The molecular formula is C21H21ClN4O3. The molecule has 3 aromatic rings. The number of nitrogens with zero attached hydrogens (tertiary/aromatic N) is 3. The Bertz CT molecular complexity index is 946. The molecule has 1 amide bonds. The van der Waals surface area contributed by atoms with Crippen LogP contribution in [0.15, 0.2) is 54.9 Å². The molecule has 3 heterocycles. The summed E-state index contributed by atoms with van der Waals surface area (Å²) in [4.78, 5) is 18.5. The zero-order valence-corrected chi connectivity index (χ0v) is 16.5. The molecule has 0 aliphatic carbocycles. The number of hydrogen-bond donors (Lipinski definition) is 1. The van der Waals surface area contributed by atoms with Crippen molar-refractivity contribution in [3.63, 3.8) is 0 Å². The normalized spacial score (nSPS) is 16.6. The summed E-state index contributed by atoms with van der Waals surface area (Å²) < 4.78 is 11.6. The maximum Gasteiger partial charge on any atom is 0.255 e. The lowest BCUT2D eigenvalue weighted by Crippen LogP contribution is -2.42. The topological polar surface area (TPSA) is 80.3 Å². The molecule has 1 aliphatic rings. The van der Waals surface area contributed by atoms with Crippen LogP contribution >= 0.6 is 11.6 Å². The first-order valence-corrected chi connectivity index (χ1v) is 9.80. The number of aromatic nitrogens is 3. The molecule has 1 fully saturated rings. The van der Waals surface area contributed by atoms with Crippen LogP contribution in [0.3, 0.4) is 0 Å². The lowest BCUT2D eigenvalue weighted by Gasteiger charge is -2.32. The molecule has 1 aromatic carbocycles. The van der Waals surface area contributed by atoms with E-state index >= 15 is 0 Å². The van der Waals surface area contributed by atoms with Crippen LogP contribution in [-0.4, -0.2) is 52.3 Å². The standard InChI is InChI=1S/C21H21ClN4O3/c22-16-3-5-18(6-4-16)28-10-7-17-12-19(25-24-17)20-14-26(9-11-29-20)21(27)15-2-1-8-23-13-15/h1-6,8,12-13,20H,7,9-11,14H2,(H,24,25)/t20-/m0/s1. The van der Waals surface area contributed by atoms with Crippen molar-refractivity contribution in [2.45, 2.75) is 12.5 Å². The average Bonchev–Trinajstić information content (AvgIpc) is 3.24. The van der Waals surface area contributed by atoms with Crippen molar-refractivity contribution in [3.05, 3.63) is 76.8 Å². The lowest BCUT2D eigenvalue weighted by atomic mass is 10.1. The van der Waals surface area contributed by atoms with Crippen molar-refractivity contribution in [2.75, 3.05) is 26.3 Å². The number of rotatable bonds is 6. The van der Waals surface area contributed by atoms with E-state index < -0.39 is 0 Å². The van der Waals surface area contributed by atoms with Crippen molar-refractivity contribution in [2.24, 2.45) is 0 Å². The molecule has 1 atom stereocenters. The Kier molecular flexibility index (Phi) is 6.07. The van der Waals surface area contributed by atoms with E-state index in [-0.39, 0.29) is 12.0 Å². The number of nitrogens with one attached hydrogen (secondary N) is 1. The number of halogens is 1. The Morgan fingerprint density at radius 3 is 2.97 bits per heavy atom. The monoisotopic (exact) mass is 412 g/mol. The number of ether oxygens (including phenoxy) is 2. The van der Waals surface area contributed by atoms with Crippen LogP contribution in [0.2, 0.25) is 5.02 Å². The van der Waals surface area contributed by atoms with Gasteiger partial charge in [-0.3, -0.25) is 14.9 Å². The fourth-order valence-corrected chi connectivity index (χ4v) is 3.29. The van der Waals surface area contributed by atoms with Gasteiger partial charge in [-0.15, -0.1) is 0 Å². The van der Waals surface area contributed by atoms with E-state index in [1.807, 2.05) is 18.2 Å². The van der Waals surface area contributed by atoms with E-state index in [1.54, 1.807) is 41.6 Å². The van der Waals surface area contributed by atoms with Gasteiger partial charge >= 0.3 is 0 Å². The van der Waals surface area contributed by atoms with Crippen LogP contribution in [0.25, 0.3) is 0 Å². The van der Waals surface area contributed by atoms with Gasteiger partial charge in [-0.25, -0.2) is 0 Å². The maximum absolute atomic E-state index is 12.7. The van der Waals surface area contributed by atoms with Gasteiger partial charge in [0.2, 0.25) is 0 Å². The first kappa shape index (κ1) is 19.4. The first-order valence-electron chi connectivity index (χ1n) is 9.42. The quantitative estimate of drug-likeness (QED) is 0.672. The van der Waals surface area contributed by atoms with E-state index in [9.17, 15) is 4.79 Å². The Labute approximate surface area is 173 Å². The van der Waals surface area contributed by atoms with Crippen LogP contribution < -0.4 is 4.74 Å². The molecule has 0 unspecified atom stereocenters. The van der Waals surface area contributed by atoms with Gasteiger partial charge in [-0.05, 0) is 42.5 Å². The number of aromatic amines is 1. The molecule has 0 bridgehead atoms. The number of hydrogen-bond acceptors (Lipinski definition) is 5. The van der Waals surface area contributed by atoms with E-state index in [4.69, 9.17) is 21.1 Å². The molecule has 1 N–H and O–H groups in total. The number of H-pyrrole nitrogens is 1. The molecule has 7 nitrogen and oxygen atoms in total. The van der Waals surface area contributed by atoms with Crippen molar-refractivity contribution >= 4 is 17.5 Å². The summed E-state index contributed by atoms with van der Waals surface area (Å²) in [6.45, 7) is 1.99. The molecule has 1 aliphatic heterocycles. The molecule has 150 valence electrons. The summed E-state index contributed by atoms with van der Waals surface area (Å²) in [5.74, 6) is 0.729. The fourth-order valence-electron chi connectivity index (χ4n) is 3.17. The third-order valence-corrected chi connectivity index (χ3v) is 4.95. The van der Waals surface area contributed by atoms with Crippen molar-refractivity contribution < 1.29 is 14.3 Å². The smallest absolute Gasteiger partial charge is 0.255 e. The van der Waals surface area contributed by atoms with Gasteiger partial charge in [-0.1, -0.05) is 11.6 Å². The Balaban J connectivity index is 1.32. The number of carbonyl (C=O) groups is 1. The number of amides is 1. The largest absolute Gasteiger partial charge is 0.493 e. The SMILES string of the molecule is O=C(c1cccnc1)N1CCO[C@H](c2cc(CCOc3ccc(Cl)cc3)[nH]n2)C1. The summed E-state index contributed by atoms with van der Waals surface area (Å²) in [6, 6.07) is 12.8. The second kappa shape index (κ2) is 9.07. The number of morpholine rings is 1. The number of carbonyl (C=O) groups excluding carboxylic acids is 1. The number of benzene rings is 1. The summed E-state index contributed by atoms with van der Waals surface area (Å²) >= 11 is 5.87. The van der Waals surface area contributed by atoms with Gasteiger partial charge in [0.15, 0.2) is 0 Å². The maximum atomic E-state index is 12.7. The highest BCUT2D eigenvalue weighted by atomic mass is 35.5. The van der Waals surface area contributed by atoms with Crippen LogP contribution in [0.5, 0.6) is 5.75 Å². The van der Waals surface area contributed by atoms with Crippen LogP contribution in [0.4, 0.5) is 0 Å². The Hall–Kier alpha value is -2.90. The summed E-state index contributed by atoms with van der Waals surface area (Å²) in [5.41, 5.74) is 2.32. The minimum atomic E-state index is -0.258. The molecule has 0 radical (unpaired) electrons. The van der Waals surface area contributed by atoms with Gasteiger partial charge in [0.25, 0.3) is 5.91 Å². The van der Waals surface area contributed by atoms with Gasteiger partial charge < -0.3 is 14.4 Å². The van der Waals surface area contributed by atoms with Gasteiger partial charge in [0.05, 0.1) is 31.0 Å². The van der Waals surface area contributed by atoms with E-state index in [0.717, 1.165) is 17.1 Å². The highest BCUT2D eigenvalue weighted by Crippen LogP contribution is 2.23. The summed E-state index contributed by atoms with van der Waals surface area (Å²) in [7, 11) is 0. The highest BCUT2D eigenvalue weighted by Gasteiger charge is 2.27. The minimum Gasteiger partial charge on any atom is -0.493 e. The lowest BCUT2D eigenvalue weighted by molar-refractivity contribution is -0.0247. The number of pyridine rings is 1. The molecular weight excluding hydrogens is 392 g/mol. The Morgan fingerprint density at radius 1 is 1.31 bits per heavy atom. The second-order valence-electron chi connectivity index (χ2n) is 6.72. The van der Waals surface area contributed by atoms with Crippen LogP contribution in [0.1, 0.15) is 27.8 Å². The van der Waals surface area contributed by atoms with Gasteiger partial charge in [0.1, 0.15) is 11.9 Å². The highest BCUT2D eigenvalue weighted by molar-refractivity contribution is 6.30. The van der Waals surface area contributed by atoms with Gasteiger partial charge in [0, 0.05) is 36.1 Å². The molecule has 0 spiro atoms. The van der Waals surface area contributed by atoms with Crippen LogP contribution in [-0.2, 0) is 11.2 Å². The molecule has 4 rings (SSSR count). The predicted octanol–water partition coefficient (Wildman–Crippen LogP) is 3.29. The third kappa shape index (κ3) is 4.93. The summed E-state index contributed by atoms with van der Waals surface area (Å²) in [6.07, 6.45) is 3.66. The zero-order chi connectivity index (χ0) is 20.1. The molecule has 8 heteroatoms. The average molecular weight is 413 g/mol. The molecule has 0 saturated carbocycles. The Morgan fingerprint density at radius 2 is 2.17 bits per heavy atom. The summed E-state index contributed by atoms with van der Waals surface area (Å²) in [5, 5.41) is 8.08. The van der Waals surface area contributed by atoms with E-state index in [2.05, 4.69) is 15.2 Å². The van der Waals surface area contributed by atoms with Gasteiger partial charge in [-0.2, -0.15) is 5.10 Å². The third-order valence-electron chi connectivity index (χ3n) is 4.70. The molecule has 1 saturated heterocycles. The molecule has 2 aromatic heterocycles. The zero-order valence-electron chi connectivity index (χ0n) is 15.8. The predicted molar refractivity (Wildman–Crippen MR) is 108 cm³/mol. The van der Waals surface area contributed by atoms with Crippen LogP contribution in [0, 0.1) is 0 Å². The minimum absolute atomic E-state index is 0.0430.